The lowest BCUT2D eigenvalue weighted by atomic mass is 10.2. The van der Waals surface area contributed by atoms with E-state index in [4.69, 9.17) is 0 Å². The zero-order valence-corrected chi connectivity index (χ0v) is 10.4. The van der Waals surface area contributed by atoms with Gasteiger partial charge in [-0.15, -0.1) is 0 Å². The van der Waals surface area contributed by atoms with Crippen molar-refractivity contribution in [3.63, 3.8) is 0 Å². The highest BCUT2D eigenvalue weighted by Crippen LogP contribution is 2.39. The second kappa shape index (κ2) is 4.19. The first kappa shape index (κ1) is 11.4. The Hall–Kier alpha value is -1.72. The van der Waals surface area contributed by atoms with E-state index in [1.165, 1.54) is 16.6 Å². The molecule has 1 aromatic heterocycles. The van der Waals surface area contributed by atoms with Gasteiger partial charge in [0, 0.05) is 12.7 Å². The SMILES string of the molecule is O=S(=O)(c1ccccn1)N1C[C@H]1c1ccccc1. The summed E-state index contributed by atoms with van der Waals surface area (Å²) in [7, 11) is -3.44. The molecule has 0 radical (unpaired) electrons. The van der Waals surface area contributed by atoms with Crippen molar-refractivity contribution in [2.24, 2.45) is 0 Å². The number of hydrogen-bond donors (Lipinski definition) is 0. The van der Waals surface area contributed by atoms with Crippen molar-refractivity contribution in [2.45, 2.75) is 11.1 Å². The zero-order chi connectivity index (χ0) is 12.6. The molecular formula is C13H12N2O2S. The van der Waals surface area contributed by atoms with E-state index in [9.17, 15) is 8.42 Å². The van der Waals surface area contributed by atoms with Gasteiger partial charge in [0.25, 0.3) is 10.0 Å². The molecule has 1 aliphatic heterocycles. The summed E-state index contributed by atoms with van der Waals surface area (Å²) in [6.45, 7) is 0.531. The van der Waals surface area contributed by atoms with Crippen molar-refractivity contribution >= 4 is 10.0 Å². The molecule has 18 heavy (non-hydrogen) atoms. The van der Waals surface area contributed by atoms with Crippen LogP contribution in [0.5, 0.6) is 0 Å². The molecule has 4 nitrogen and oxygen atoms in total. The van der Waals surface area contributed by atoms with Crippen LogP contribution in [0.15, 0.2) is 59.8 Å². The van der Waals surface area contributed by atoms with Gasteiger partial charge in [0.2, 0.25) is 0 Å². The zero-order valence-electron chi connectivity index (χ0n) is 9.60. The molecule has 1 aliphatic rings. The third kappa shape index (κ3) is 1.91. The summed E-state index contributed by atoms with van der Waals surface area (Å²) in [6, 6.07) is 14.5. The van der Waals surface area contributed by atoms with E-state index in [0.717, 1.165) is 5.56 Å². The smallest absolute Gasteiger partial charge is 0.243 e. The number of sulfonamides is 1. The summed E-state index contributed by atoms with van der Waals surface area (Å²) in [5.41, 5.74) is 1.03. The fourth-order valence-electron chi connectivity index (χ4n) is 1.96. The largest absolute Gasteiger partial charge is 0.261 e. The molecule has 5 heteroatoms. The van der Waals surface area contributed by atoms with Crippen molar-refractivity contribution in [1.29, 1.82) is 0 Å². The van der Waals surface area contributed by atoms with Gasteiger partial charge < -0.3 is 0 Å². The predicted molar refractivity (Wildman–Crippen MR) is 67.3 cm³/mol. The minimum absolute atomic E-state index is 0.0433. The molecule has 0 bridgehead atoms. The number of hydrogen-bond acceptors (Lipinski definition) is 3. The Bertz CT molecular complexity index is 641. The summed E-state index contributed by atoms with van der Waals surface area (Å²) in [6.07, 6.45) is 1.49. The van der Waals surface area contributed by atoms with Crippen LogP contribution in [0.4, 0.5) is 0 Å². The molecule has 2 atom stereocenters. The first-order valence-corrected chi connectivity index (χ1v) is 7.11. The van der Waals surface area contributed by atoms with Crippen molar-refractivity contribution in [2.75, 3.05) is 6.54 Å². The maximum atomic E-state index is 12.2. The van der Waals surface area contributed by atoms with Crippen LogP contribution in [0, 0.1) is 0 Å². The monoisotopic (exact) mass is 260 g/mol. The molecule has 1 unspecified atom stereocenters. The number of rotatable bonds is 3. The standard InChI is InChI=1S/C13H12N2O2S/c16-18(17,13-8-4-5-9-14-13)15-10-12(15)11-6-2-1-3-7-11/h1-9,12H,10H2/t12-,15?/m0/s1. The molecule has 1 aromatic carbocycles. The van der Waals surface area contributed by atoms with Crippen molar-refractivity contribution in [3.05, 3.63) is 60.3 Å². The quantitative estimate of drug-likeness (QED) is 0.791. The van der Waals surface area contributed by atoms with E-state index in [-0.39, 0.29) is 11.1 Å². The van der Waals surface area contributed by atoms with Gasteiger partial charge in [0.1, 0.15) is 0 Å². The minimum atomic E-state index is -3.44. The van der Waals surface area contributed by atoms with Gasteiger partial charge in [0.15, 0.2) is 5.03 Å². The van der Waals surface area contributed by atoms with Gasteiger partial charge in [-0.2, -0.15) is 4.31 Å². The maximum Gasteiger partial charge on any atom is 0.261 e. The van der Waals surface area contributed by atoms with E-state index in [2.05, 4.69) is 4.98 Å². The molecule has 92 valence electrons. The van der Waals surface area contributed by atoms with E-state index >= 15 is 0 Å². The van der Waals surface area contributed by atoms with Gasteiger partial charge in [-0.25, -0.2) is 13.4 Å². The van der Waals surface area contributed by atoms with Crippen LogP contribution in [-0.2, 0) is 10.0 Å². The van der Waals surface area contributed by atoms with Gasteiger partial charge in [-0.1, -0.05) is 36.4 Å². The Morgan fingerprint density at radius 1 is 1.06 bits per heavy atom. The molecule has 2 heterocycles. The molecule has 0 spiro atoms. The number of benzene rings is 1. The normalized spacial score (nSPS) is 22.7. The van der Waals surface area contributed by atoms with E-state index in [1.54, 1.807) is 12.1 Å². The summed E-state index contributed by atoms with van der Waals surface area (Å²) in [5.74, 6) is 0. The lowest BCUT2D eigenvalue weighted by Crippen LogP contribution is -2.14. The Morgan fingerprint density at radius 2 is 1.78 bits per heavy atom. The van der Waals surface area contributed by atoms with Crippen LogP contribution < -0.4 is 0 Å². The van der Waals surface area contributed by atoms with Crippen LogP contribution >= 0.6 is 0 Å². The second-order valence-corrected chi connectivity index (χ2v) is 6.01. The molecule has 2 aromatic rings. The predicted octanol–water partition coefficient (Wildman–Crippen LogP) is 1.83. The average molecular weight is 260 g/mol. The molecule has 0 N–H and O–H groups in total. The summed E-state index contributed by atoms with van der Waals surface area (Å²) in [4.78, 5) is 3.91. The highest BCUT2D eigenvalue weighted by Gasteiger charge is 2.45. The van der Waals surface area contributed by atoms with Gasteiger partial charge in [-0.3, -0.25) is 0 Å². The highest BCUT2D eigenvalue weighted by atomic mass is 32.2. The maximum absolute atomic E-state index is 12.2. The fourth-order valence-corrected chi connectivity index (χ4v) is 3.43. The topological polar surface area (TPSA) is 50.0 Å². The summed E-state index contributed by atoms with van der Waals surface area (Å²) < 4.78 is 25.9. The third-order valence-corrected chi connectivity index (χ3v) is 4.75. The van der Waals surface area contributed by atoms with Gasteiger partial charge in [0.05, 0.1) is 6.04 Å². The molecule has 3 rings (SSSR count). The molecular weight excluding hydrogens is 248 g/mol. The minimum Gasteiger partial charge on any atom is -0.243 e. The molecule has 0 saturated carbocycles. The number of aromatic nitrogens is 1. The summed E-state index contributed by atoms with van der Waals surface area (Å²) >= 11 is 0. The second-order valence-electron chi connectivity index (χ2n) is 4.17. The van der Waals surface area contributed by atoms with Crippen LogP contribution in [-0.4, -0.2) is 24.3 Å². The van der Waals surface area contributed by atoms with Crippen LogP contribution in [0.2, 0.25) is 0 Å². The van der Waals surface area contributed by atoms with Crippen LogP contribution in [0.1, 0.15) is 11.6 Å². The van der Waals surface area contributed by atoms with Crippen molar-refractivity contribution in [1.82, 2.24) is 9.29 Å². The van der Waals surface area contributed by atoms with Crippen LogP contribution in [0.25, 0.3) is 0 Å². The first-order chi connectivity index (χ1) is 8.69. The Balaban J connectivity index is 1.87. The summed E-state index contributed by atoms with van der Waals surface area (Å²) in [5, 5.41) is 0.114. The average Bonchev–Trinajstić information content (AvgIpc) is 3.22. The Kier molecular flexibility index (Phi) is 2.65. The van der Waals surface area contributed by atoms with Gasteiger partial charge in [-0.05, 0) is 17.7 Å². The highest BCUT2D eigenvalue weighted by molar-refractivity contribution is 7.89. The molecule has 0 amide bonds. The van der Waals surface area contributed by atoms with E-state index in [1.807, 2.05) is 30.3 Å². The Labute approximate surface area is 106 Å². The first-order valence-electron chi connectivity index (χ1n) is 5.67. The Morgan fingerprint density at radius 3 is 2.44 bits per heavy atom. The van der Waals surface area contributed by atoms with Crippen molar-refractivity contribution < 1.29 is 8.42 Å². The lowest BCUT2D eigenvalue weighted by Gasteiger charge is -2.05. The van der Waals surface area contributed by atoms with Crippen molar-refractivity contribution in [3.8, 4) is 0 Å². The molecule has 0 aliphatic carbocycles. The van der Waals surface area contributed by atoms with E-state index < -0.39 is 10.0 Å². The van der Waals surface area contributed by atoms with Crippen LogP contribution in [0.3, 0.4) is 0 Å². The fraction of sp³-hybridized carbons (Fsp3) is 0.154. The van der Waals surface area contributed by atoms with Gasteiger partial charge >= 0.3 is 0 Å². The number of pyridine rings is 1. The molecule has 1 saturated heterocycles. The van der Waals surface area contributed by atoms with E-state index in [0.29, 0.717) is 6.54 Å². The third-order valence-electron chi connectivity index (χ3n) is 2.96. The molecule has 1 fully saturated rings. The lowest BCUT2D eigenvalue weighted by molar-refractivity contribution is 0.550. The number of nitrogens with zero attached hydrogens (tertiary/aromatic N) is 2.